The van der Waals surface area contributed by atoms with Crippen LogP contribution < -0.4 is 5.73 Å². The number of fused-ring (bicyclic) bond motifs is 1. The van der Waals surface area contributed by atoms with Crippen molar-refractivity contribution in [3.05, 3.63) is 47.7 Å². The molecule has 21 heavy (non-hydrogen) atoms. The molecule has 0 saturated carbocycles. The van der Waals surface area contributed by atoms with E-state index < -0.39 is 0 Å². The fraction of sp³-hybridized carbons (Fsp3) is 0.375. The third-order valence-electron chi connectivity index (χ3n) is 3.94. The maximum atomic E-state index is 6.22. The molecule has 110 valence electrons. The number of nitrogens with one attached hydrogen (secondary N) is 1. The minimum Gasteiger partial charge on any atom is -0.361 e. The van der Waals surface area contributed by atoms with Crippen LogP contribution in [0.1, 0.15) is 49.5 Å². The van der Waals surface area contributed by atoms with Crippen LogP contribution in [-0.2, 0) is 6.42 Å². The SMILES string of the molecule is CCC(C)c1noc([C@H](N)Cc2c[nH]c3ccccc23)n1. The summed E-state index contributed by atoms with van der Waals surface area (Å²) in [5.74, 6) is 1.54. The van der Waals surface area contributed by atoms with Crippen molar-refractivity contribution in [2.24, 2.45) is 5.73 Å². The molecule has 3 aromatic rings. The quantitative estimate of drug-likeness (QED) is 0.753. The largest absolute Gasteiger partial charge is 0.361 e. The Balaban J connectivity index is 1.79. The number of hydrogen-bond donors (Lipinski definition) is 2. The van der Waals surface area contributed by atoms with E-state index >= 15 is 0 Å². The van der Waals surface area contributed by atoms with E-state index in [1.807, 2.05) is 18.3 Å². The van der Waals surface area contributed by atoms with E-state index in [1.165, 1.54) is 10.9 Å². The van der Waals surface area contributed by atoms with Crippen LogP contribution >= 0.6 is 0 Å². The lowest BCUT2D eigenvalue weighted by Gasteiger charge is -2.05. The fourth-order valence-electron chi connectivity index (χ4n) is 2.41. The molecule has 0 fully saturated rings. The average molecular weight is 284 g/mol. The van der Waals surface area contributed by atoms with Gasteiger partial charge in [0.25, 0.3) is 0 Å². The number of nitrogens with two attached hydrogens (primary N) is 1. The summed E-state index contributed by atoms with van der Waals surface area (Å²) in [6.45, 7) is 4.19. The summed E-state index contributed by atoms with van der Waals surface area (Å²) in [5.41, 5.74) is 8.51. The number of nitrogens with zero attached hydrogens (tertiary/aromatic N) is 2. The Hall–Kier alpha value is -2.14. The Labute approximate surface area is 123 Å². The summed E-state index contributed by atoms with van der Waals surface area (Å²) in [7, 11) is 0. The molecule has 3 rings (SSSR count). The number of aromatic amines is 1. The second-order valence-corrected chi connectivity index (χ2v) is 5.47. The van der Waals surface area contributed by atoms with Gasteiger partial charge < -0.3 is 15.2 Å². The zero-order valence-corrected chi connectivity index (χ0v) is 12.3. The van der Waals surface area contributed by atoms with Crippen molar-refractivity contribution in [3.8, 4) is 0 Å². The normalized spacial score (nSPS) is 14.4. The summed E-state index contributed by atoms with van der Waals surface area (Å²) in [6.07, 6.45) is 3.65. The Morgan fingerprint density at radius 3 is 2.95 bits per heavy atom. The zero-order valence-electron chi connectivity index (χ0n) is 12.3. The van der Waals surface area contributed by atoms with Crippen LogP contribution in [0.25, 0.3) is 10.9 Å². The highest BCUT2D eigenvalue weighted by Crippen LogP contribution is 2.23. The molecule has 3 N–H and O–H groups in total. The second-order valence-electron chi connectivity index (χ2n) is 5.47. The summed E-state index contributed by atoms with van der Waals surface area (Å²) < 4.78 is 5.31. The Bertz CT molecular complexity index is 731. The lowest BCUT2D eigenvalue weighted by atomic mass is 10.1. The third kappa shape index (κ3) is 2.69. The van der Waals surface area contributed by atoms with Crippen molar-refractivity contribution in [2.75, 3.05) is 0 Å². The van der Waals surface area contributed by atoms with E-state index in [2.05, 4.69) is 41.1 Å². The smallest absolute Gasteiger partial charge is 0.243 e. The van der Waals surface area contributed by atoms with Crippen LogP contribution in [0.3, 0.4) is 0 Å². The predicted octanol–water partition coefficient (Wildman–Crippen LogP) is 3.31. The van der Waals surface area contributed by atoms with E-state index in [0.717, 1.165) is 17.8 Å². The number of aromatic nitrogens is 3. The van der Waals surface area contributed by atoms with Gasteiger partial charge in [0.2, 0.25) is 5.89 Å². The van der Waals surface area contributed by atoms with Gasteiger partial charge in [0.1, 0.15) is 0 Å². The molecule has 2 aromatic heterocycles. The molecule has 0 aliphatic heterocycles. The minimum absolute atomic E-state index is 0.283. The van der Waals surface area contributed by atoms with E-state index in [-0.39, 0.29) is 6.04 Å². The predicted molar refractivity (Wildman–Crippen MR) is 81.9 cm³/mol. The lowest BCUT2D eigenvalue weighted by molar-refractivity contribution is 0.348. The lowest BCUT2D eigenvalue weighted by Crippen LogP contribution is -2.13. The van der Waals surface area contributed by atoms with Crippen molar-refractivity contribution in [1.82, 2.24) is 15.1 Å². The van der Waals surface area contributed by atoms with Gasteiger partial charge in [-0.25, -0.2) is 0 Å². The first-order chi connectivity index (χ1) is 10.2. The molecule has 5 nitrogen and oxygen atoms in total. The van der Waals surface area contributed by atoms with Gasteiger partial charge in [0.15, 0.2) is 5.82 Å². The molecular formula is C16H20N4O. The Kier molecular flexibility index (Phi) is 3.75. The molecular weight excluding hydrogens is 264 g/mol. The number of para-hydroxylation sites is 1. The molecule has 0 spiro atoms. The van der Waals surface area contributed by atoms with Gasteiger partial charge in [0, 0.05) is 23.0 Å². The highest BCUT2D eigenvalue weighted by Gasteiger charge is 2.19. The molecule has 0 aliphatic rings. The first-order valence-corrected chi connectivity index (χ1v) is 7.33. The maximum absolute atomic E-state index is 6.22. The van der Waals surface area contributed by atoms with E-state index in [9.17, 15) is 0 Å². The van der Waals surface area contributed by atoms with E-state index in [0.29, 0.717) is 18.2 Å². The Morgan fingerprint density at radius 2 is 2.14 bits per heavy atom. The maximum Gasteiger partial charge on any atom is 0.243 e. The summed E-state index contributed by atoms with van der Waals surface area (Å²) in [4.78, 5) is 7.68. The van der Waals surface area contributed by atoms with Gasteiger partial charge in [-0.2, -0.15) is 4.98 Å². The van der Waals surface area contributed by atoms with Gasteiger partial charge in [-0.15, -0.1) is 0 Å². The topological polar surface area (TPSA) is 80.7 Å². The van der Waals surface area contributed by atoms with E-state index in [1.54, 1.807) is 0 Å². The number of rotatable bonds is 5. The highest BCUT2D eigenvalue weighted by molar-refractivity contribution is 5.83. The first-order valence-electron chi connectivity index (χ1n) is 7.33. The highest BCUT2D eigenvalue weighted by atomic mass is 16.5. The van der Waals surface area contributed by atoms with Gasteiger partial charge in [-0.1, -0.05) is 37.2 Å². The number of hydrogen-bond acceptors (Lipinski definition) is 4. The molecule has 0 amide bonds. The van der Waals surface area contributed by atoms with Gasteiger partial charge in [0.05, 0.1) is 6.04 Å². The van der Waals surface area contributed by atoms with Crippen molar-refractivity contribution in [1.29, 1.82) is 0 Å². The van der Waals surface area contributed by atoms with Gasteiger partial charge >= 0.3 is 0 Å². The minimum atomic E-state index is -0.283. The van der Waals surface area contributed by atoms with Gasteiger partial charge in [-0.05, 0) is 24.5 Å². The molecule has 0 saturated heterocycles. The molecule has 0 aliphatic carbocycles. The van der Waals surface area contributed by atoms with Crippen LogP contribution in [0.15, 0.2) is 35.0 Å². The first kappa shape index (κ1) is 13.8. The van der Waals surface area contributed by atoms with Crippen LogP contribution in [-0.4, -0.2) is 15.1 Å². The van der Waals surface area contributed by atoms with Crippen LogP contribution in [0.2, 0.25) is 0 Å². The second kappa shape index (κ2) is 5.69. The fourth-order valence-corrected chi connectivity index (χ4v) is 2.41. The van der Waals surface area contributed by atoms with Crippen LogP contribution in [0.5, 0.6) is 0 Å². The zero-order chi connectivity index (χ0) is 14.8. The standard InChI is InChI=1S/C16H20N4O/c1-3-10(2)15-19-16(21-20-15)13(17)8-11-9-18-14-7-5-4-6-12(11)14/h4-7,9-10,13,18H,3,8,17H2,1-2H3/t10?,13-/m1/s1. The molecule has 2 atom stereocenters. The molecule has 2 heterocycles. The van der Waals surface area contributed by atoms with E-state index in [4.69, 9.17) is 10.3 Å². The van der Waals surface area contributed by atoms with Crippen LogP contribution in [0, 0.1) is 0 Å². The van der Waals surface area contributed by atoms with Crippen molar-refractivity contribution in [2.45, 2.75) is 38.6 Å². The summed E-state index contributed by atoms with van der Waals surface area (Å²) in [6, 6.07) is 7.90. The number of benzene rings is 1. The van der Waals surface area contributed by atoms with Crippen molar-refractivity contribution < 1.29 is 4.52 Å². The monoisotopic (exact) mass is 284 g/mol. The molecule has 5 heteroatoms. The average Bonchev–Trinajstić information content (AvgIpc) is 3.14. The third-order valence-corrected chi connectivity index (χ3v) is 3.94. The summed E-state index contributed by atoms with van der Waals surface area (Å²) >= 11 is 0. The van der Waals surface area contributed by atoms with Crippen molar-refractivity contribution >= 4 is 10.9 Å². The van der Waals surface area contributed by atoms with Gasteiger partial charge in [-0.3, -0.25) is 0 Å². The van der Waals surface area contributed by atoms with Crippen molar-refractivity contribution in [3.63, 3.8) is 0 Å². The molecule has 1 unspecified atom stereocenters. The molecule has 1 aromatic carbocycles. The summed E-state index contributed by atoms with van der Waals surface area (Å²) in [5, 5.41) is 5.22. The van der Waals surface area contributed by atoms with Crippen LogP contribution in [0.4, 0.5) is 0 Å². The molecule has 0 bridgehead atoms. The molecule has 0 radical (unpaired) electrons. The number of H-pyrrole nitrogens is 1. The Morgan fingerprint density at radius 1 is 1.33 bits per heavy atom.